The lowest BCUT2D eigenvalue weighted by molar-refractivity contribution is 0.0658. The molecule has 0 bridgehead atoms. The van der Waals surface area contributed by atoms with Crippen LogP contribution in [-0.4, -0.2) is 22.8 Å². The van der Waals surface area contributed by atoms with Gasteiger partial charge in [-0.15, -0.1) is 0 Å². The molecule has 1 aromatic carbocycles. The van der Waals surface area contributed by atoms with Crippen molar-refractivity contribution in [3.05, 3.63) is 53.5 Å². The van der Waals surface area contributed by atoms with Crippen LogP contribution in [0.15, 0.2) is 41.0 Å². The highest BCUT2D eigenvalue weighted by molar-refractivity contribution is 5.86. The lowest BCUT2D eigenvalue weighted by Crippen LogP contribution is -2.02. The molecule has 1 aromatic heterocycles. The second-order valence-corrected chi connectivity index (χ2v) is 3.99. The van der Waals surface area contributed by atoms with Crippen molar-refractivity contribution < 1.29 is 24.2 Å². The van der Waals surface area contributed by atoms with Gasteiger partial charge in [0.15, 0.2) is 0 Å². The Morgan fingerprint density at radius 3 is 2.58 bits per heavy atom. The summed E-state index contributed by atoms with van der Waals surface area (Å²) in [5, 5.41) is 17.7. The third kappa shape index (κ3) is 3.35. The quantitative estimate of drug-likeness (QED) is 0.833. The Bertz CT molecular complexity index is 541. The first-order valence-electron chi connectivity index (χ1n) is 5.83. The van der Waals surface area contributed by atoms with Crippen molar-refractivity contribution in [1.82, 2.24) is 0 Å². The number of rotatable bonds is 6. The number of ether oxygens (including phenoxy) is 1. The van der Waals surface area contributed by atoms with Crippen LogP contribution in [0.5, 0.6) is 5.75 Å². The standard InChI is InChI=1S/C14H14O5/c15-7-5-10-1-3-12(4-2-10)19-9-11-6-8-18-13(11)14(16)17/h1-4,6,8,15H,5,7,9H2,(H,16,17). The van der Waals surface area contributed by atoms with E-state index in [0.717, 1.165) is 5.56 Å². The van der Waals surface area contributed by atoms with Crippen molar-refractivity contribution in [1.29, 1.82) is 0 Å². The summed E-state index contributed by atoms with van der Waals surface area (Å²) in [6.45, 7) is 0.245. The van der Waals surface area contributed by atoms with E-state index in [9.17, 15) is 4.79 Å². The number of benzene rings is 1. The van der Waals surface area contributed by atoms with E-state index in [4.69, 9.17) is 19.4 Å². The summed E-state index contributed by atoms with van der Waals surface area (Å²) in [6, 6.07) is 8.86. The van der Waals surface area contributed by atoms with Crippen LogP contribution < -0.4 is 4.74 Å². The molecule has 0 atom stereocenters. The Hall–Kier alpha value is -2.27. The van der Waals surface area contributed by atoms with Gasteiger partial charge in [-0.25, -0.2) is 4.79 Å². The van der Waals surface area contributed by atoms with E-state index in [1.807, 2.05) is 12.1 Å². The number of aromatic carboxylic acids is 1. The Labute approximate surface area is 110 Å². The minimum absolute atomic E-state index is 0.100. The first-order chi connectivity index (χ1) is 9.20. The van der Waals surface area contributed by atoms with Crippen LogP contribution in [0, 0.1) is 0 Å². The van der Waals surface area contributed by atoms with Crippen LogP contribution in [0.3, 0.4) is 0 Å². The van der Waals surface area contributed by atoms with Crippen LogP contribution in [0.4, 0.5) is 0 Å². The predicted octanol–water partition coefficient (Wildman–Crippen LogP) is 2.09. The smallest absolute Gasteiger partial charge is 0.372 e. The molecule has 0 spiro atoms. The van der Waals surface area contributed by atoms with Crippen molar-refractivity contribution >= 4 is 5.97 Å². The highest BCUT2D eigenvalue weighted by Gasteiger charge is 2.14. The molecule has 0 amide bonds. The van der Waals surface area contributed by atoms with Gasteiger partial charge < -0.3 is 19.4 Å². The lowest BCUT2D eigenvalue weighted by Gasteiger charge is -2.06. The molecule has 100 valence electrons. The summed E-state index contributed by atoms with van der Waals surface area (Å²) >= 11 is 0. The highest BCUT2D eigenvalue weighted by Crippen LogP contribution is 2.17. The lowest BCUT2D eigenvalue weighted by atomic mass is 10.1. The third-order valence-electron chi connectivity index (χ3n) is 2.66. The van der Waals surface area contributed by atoms with Gasteiger partial charge in [-0.3, -0.25) is 0 Å². The van der Waals surface area contributed by atoms with Gasteiger partial charge in [-0.05, 0) is 30.2 Å². The van der Waals surface area contributed by atoms with Gasteiger partial charge in [0, 0.05) is 12.2 Å². The van der Waals surface area contributed by atoms with Gasteiger partial charge in [-0.2, -0.15) is 0 Å². The molecule has 5 heteroatoms. The minimum atomic E-state index is -1.11. The molecule has 0 fully saturated rings. The zero-order valence-corrected chi connectivity index (χ0v) is 10.2. The van der Waals surface area contributed by atoms with Crippen molar-refractivity contribution in [2.75, 3.05) is 6.61 Å². The topological polar surface area (TPSA) is 79.9 Å². The maximum Gasteiger partial charge on any atom is 0.372 e. The minimum Gasteiger partial charge on any atom is -0.489 e. The molecule has 0 aliphatic carbocycles. The van der Waals surface area contributed by atoms with E-state index in [-0.39, 0.29) is 19.0 Å². The van der Waals surface area contributed by atoms with E-state index in [0.29, 0.717) is 17.7 Å². The number of aliphatic hydroxyl groups is 1. The largest absolute Gasteiger partial charge is 0.489 e. The normalized spacial score (nSPS) is 10.4. The molecule has 0 aliphatic rings. The Morgan fingerprint density at radius 1 is 1.21 bits per heavy atom. The maximum absolute atomic E-state index is 10.8. The van der Waals surface area contributed by atoms with Crippen molar-refractivity contribution in [2.24, 2.45) is 0 Å². The van der Waals surface area contributed by atoms with Crippen LogP contribution in [0.2, 0.25) is 0 Å². The summed E-state index contributed by atoms with van der Waals surface area (Å²) in [7, 11) is 0. The number of aliphatic hydroxyl groups excluding tert-OH is 1. The summed E-state index contributed by atoms with van der Waals surface area (Å²) in [5.74, 6) is -0.571. The van der Waals surface area contributed by atoms with Crippen LogP contribution >= 0.6 is 0 Å². The fourth-order valence-corrected chi connectivity index (χ4v) is 1.68. The second kappa shape index (κ2) is 6.06. The average molecular weight is 262 g/mol. The molecule has 2 N–H and O–H groups in total. The number of carboxylic acids is 1. The van der Waals surface area contributed by atoms with Crippen LogP contribution in [-0.2, 0) is 13.0 Å². The zero-order valence-electron chi connectivity index (χ0n) is 10.2. The number of furan rings is 1. The average Bonchev–Trinajstić information content (AvgIpc) is 2.87. The van der Waals surface area contributed by atoms with E-state index in [1.165, 1.54) is 6.26 Å². The second-order valence-electron chi connectivity index (χ2n) is 3.99. The van der Waals surface area contributed by atoms with E-state index in [2.05, 4.69) is 0 Å². The zero-order chi connectivity index (χ0) is 13.7. The molecule has 0 aliphatic heterocycles. The van der Waals surface area contributed by atoms with E-state index < -0.39 is 5.97 Å². The Morgan fingerprint density at radius 2 is 1.95 bits per heavy atom. The molecule has 2 rings (SSSR count). The first-order valence-corrected chi connectivity index (χ1v) is 5.83. The number of hydrogen-bond acceptors (Lipinski definition) is 4. The predicted molar refractivity (Wildman–Crippen MR) is 67.2 cm³/mol. The number of carboxylic acid groups (broad SMARTS) is 1. The first kappa shape index (κ1) is 13.2. The Kier molecular flexibility index (Phi) is 4.20. The van der Waals surface area contributed by atoms with Gasteiger partial charge in [-0.1, -0.05) is 12.1 Å². The molecule has 0 saturated carbocycles. The Balaban J connectivity index is 1.98. The maximum atomic E-state index is 10.8. The van der Waals surface area contributed by atoms with E-state index in [1.54, 1.807) is 18.2 Å². The molecule has 1 heterocycles. The molecule has 5 nitrogen and oxygen atoms in total. The molecule has 19 heavy (non-hydrogen) atoms. The monoisotopic (exact) mass is 262 g/mol. The molecule has 2 aromatic rings. The fraction of sp³-hybridized carbons (Fsp3) is 0.214. The van der Waals surface area contributed by atoms with Crippen molar-refractivity contribution in [2.45, 2.75) is 13.0 Å². The fourth-order valence-electron chi connectivity index (χ4n) is 1.68. The van der Waals surface area contributed by atoms with Crippen molar-refractivity contribution in [3.8, 4) is 5.75 Å². The van der Waals surface area contributed by atoms with Crippen molar-refractivity contribution in [3.63, 3.8) is 0 Å². The number of hydrogen-bond donors (Lipinski definition) is 2. The molecular formula is C14H14O5. The van der Waals surface area contributed by atoms with Gasteiger partial charge >= 0.3 is 5.97 Å². The summed E-state index contributed by atoms with van der Waals surface area (Å²) < 4.78 is 10.3. The summed E-state index contributed by atoms with van der Waals surface area (Å²) in [4.78, 5) is 10.8. The van der Waals surface area contributed by atoms with Gasteiger partial charge in [0.05, 0.1) is 6.26 Å². The van der Waals surface area contributed by atoms with Crippen LogP contribution in [0.25, 0.3) is 0 Å². The van der Waals surface area contributed by atoms with Gasteiger partial charge in [0.25, 0.3) is 0 Å². The molecule has 0 unspecified atom stereocenters. The number of carbonyl (C=O) groups is 1. The van der Waals surface area contributed by atoms with Gasteiger partial charge in [0.1, 0.15) is 12.4 Å². The molecule has 0 saturated heterocycles. The molecular weight excluding hydrogens is 248 g/mol. The third-order valence-corrected chi connectivity index (χ3v) is 2.66. The SMILES string of the molecule is O=C(O)c1occc1COc1ccc(CCO)cc1. The highest BCUT2D eigenvalue weighted by atomic mass is 16.5. The van der Waals surface area contributed by atoms with E-state index >= 15 is 0 Å². The van der Waals surface area contributed by atoms with Gasteiger partial charge in [0.2, 0.25) is 5.76 Å². The summed E-state index contributed by atoms with van der Waals surface area (Å²) in [5.41, 5.74) is 1.51. The van der Waals surface area contributed by atoms with Crippen LogP contribution in [0.1, 0.15) is 21.7 Å². The summed E-state index contributed by atoms with van der Waals surface area (Å²) in [6.07, 6.45) is 1.93. The molecule has 0 radical (unpaired) electrons.